The summed E-state index contributed by atoms with van der Waals surface area (Å²) in [5.74, 6) is 0. The van der Waals surface area contributed by atoms with Crippen LogP contribution in [0.4, 0.5) is 0 Å². The van der Waals surface area contributed by atoms with Crippen molar-refractivity contribution >= 4 is 0 Å². The molecule has 2 aromatic carbocycles. The summed E-state index contributed by atoms with van der Waals surface area (Å²) in [6, 6.07) is 18.3. The Kier molecular flexibility index (Phi) is 4.90. The number of ether oxygens (including phenoxy) is 2. The quantitative estimate of drug-likeness (QED) is 0.878. The number of hydrogen-bond donors (Lipinski definition) is 1. The van der Waals surface area contributed by atoms with Gasteiger partial charge in [0.2, 0.25) is 0 Å². The van der Waals surface area contributed by atoms with Crippen molar-refractivity contribution in [3.63, 3.8) is 0 Å². The van der Waals surface area contributed by atoms with Crippen molar-refractivity contribution < 1.29 is 9.47 Å². The highest BCUT2D eigenvalue weighted by Gasteiger charge is 2.34. The lowest BCUT2D eigenvalue weighted by Crippen LogP contribution is -2.35. The fraction of sp³-hybridized carbons (Fsp3) is 0.294. The van der Waals surface area contributed by atoms with Crippen LogP contribution in [0.5, 0.6) is 0 Å². The maximum Gasteiger partial charge on any atom is 0.141 e. The van der Waals surface area contributed by atoms with E-state index in [1.54, 1.807) is 14.2 Å². The number of nitrogens with two attached hydrogens (primary N) is 1. The highest BCUT2D eigenvalue weighted by molar-refractivity contribution is 5.38. The van der Waals surface area contributed by atoms with Gasteiger partial charge < -0.3 is 15.2 Å². The van der Waals surface area contributed by atoms with Gasteiger partial charge >= 0.3 is 0 Å². The van der Waals surface area contributed by atoms with Gasteiger partial charge in [0.15, 0.2) is 0 Å². The summed E-state index contributed by atoms with van der Waals surface area (Å²) >= 11 is 0. The number of hydrogen-bond acceptors (Lipinski definition) is 3. The van der Waals surface area contributed by atoms with Crippen molar-refractivity contribution in [3.8, 4) is 0 Å². The second kappa shape index (κ2) is 6.66. The Morgan fingerprint density at radius 2 is 1.65 bits per heavy atom. The molecule has 0 bridgehead atoms. The zero-order valence-electron chi connectivity index (χ0n) is 12.0. The van der Waals surface area contributed by atoms with Gasteiger partial charge in [-0.3, -0.25) is 0 Å². The van der Waals surface area contributed by atoms with Crippen molar-refractivity contribution in [1.29, 1.82) is 0 Å². The van der Waals surface area contributed by atoms with E-state index in [1.807, 2.05) is 30.3 Å². The Labute approximate surface area is 120 Å². The summed E-state index contributed by atoms with van der Waals surface area (Å²) in [5.41, 5.74) is 8.33. The maximum atomic E-state index is 5.88. The van der Waals surface area contributed by atoms with Gasteiger partial charge in [-0.15, -0.1) is 0 Å². The summed E-state index contributed by atoms with van der Waals surface area (Å²) in [4.78, 5) is 0. The molecule has 0 radical (unpaired) electrons. The minimum absolute atomic E-state index is 0.446. The molecule has 106 valence electrons. The number of rotatable bonds is 6. The molecule has 0 saturated heterocycles. The van der Waals surface area contributed by atoms with Crippen molar-refractivity contribution in [2.24, 2.45) is 5.73 Å². The Morgan fingerprint density at radius 3 is 2.25 bits per heavy atom. The SMILES string of the molecule is COC[C@@](OC)(c1ccccc1)c1cccc(CN)c1. The Balaban J connectivity index is 2.56. The monoisotopic (exact) mass is 271 g/mol. The van der Waals surface area contributed by atoms with Crippen LogP contribution in [-0.2, 0) is 21.6 Å². The lowest BCUT2D eigenvalue weighted by molar-refractivity contribution is -0.0389. The predicted molar refractivity (Wildman–Crippen MR) is 80.4 cm³/mol. The normalized spacial score (nSPS) is 13.9. The van der Waals surface area contributed by atoms with Gasteiger partial charge in [-0.25, -0.2) is 0 Å². The molecule has 0 saturated carbocycles. The minimum atomic E-state index is -0.610. The smallest absolute Gasteiger partial charge is 0.141 e. The lowest BCUT2D eigenvalue weighted by Gasteiger charge is -2.33. The first-order valence-electron chi connectivity index (χ1n) is 6.66. The highest BCUT2D eigenvalue weighted by atomic mass is 16.5. The molecule has 0 aromatic heterocycles. The Morgan fingerprint density at radius 1 is 0.950 bits per heavy atom. The van der Waals surface area contributed by atoms with Crippen molar-refractivity contribution in [3.05, 3.63) is 71.3 Å². The summed E-state index contributed by atoms with van der Waals surface area (Å²) in [6.07, 6.45) is 0. The van der Waals surface area contributed by atoms with E-state index in [9.17, 15) is 0 Å². The summed E-state index contributed by atoms with van der Waals surface area (Å²) < 4.78 is 11.3. The van der Waals surface area contributed by atoms with Crippen LogP contribution in [0.25, 0.3) is 0 Å². The van der Waals surface area contributed by atoms with E-state index in [4.69, 9.17) is 15.2 Å². The van der Waals surface area contributed by atoms with Crippen molar-refractivity contribution in [2.75, 3.05) is 20.8 Å². The Hall–Kier alpha value is -1.68. The molecule has 0 heterocycles. The molecule has 0 aliphatic heterocycles. The number of methoxy groups -OCH3 is 2. The minimum Gasteiger partial charge on any atom is -0.381 e. The van der Waals surface area contributed by atoms with E-state index in [-0.39, 0.29) is 0 Å². The average molecular weight is 271 g/mol. The fourth-order valence-electron chi connectivity index (χ4n) is 2.49. The van der Waals surface area contributed by atoms with Crippen molar-refractivity contribution in [2.45, 2.75) is 12.1 Å². The molecule has 1 atom stereocenters. The van der Waals surface area contributed by atoms with Gasteiger partial charge in [0.05, 0.1) is 6.61 Å². The third kappa shape index (κ3) is 2.75. The zero-order chi connectivity index (χ0) is 14.4. The molecule has 20 heavy (non-hydrogen) atoms. The first-order valence-corrected chi connectivity index (χ1v) is 6.66. The van der Waals surface area contributed by atoms with Crippen LogP contribution >= 0.6 is 0 Å². The molecule has 2 N–H and O–H groups in total. The fourth-order valence-corrected chi connectivity index (χ4v) is 2.49. The topological polar surface area (TPSA) is 44.5 Å². The highest BCUT2D eigenvalue weighted by Crippen LogP contribution is 2.33. The first-order chi connectivity index (χ1) is 9.76. The molecule has 2 rings (SSSR count). The summed E-state index contributed by atoms with van der Waals surface area (Å²) in [7, 11) is 3.39. The first kappa shape index (κ1) is 14.7. The van der Waals surface area contributed by atoms with Gasteiger partial charge in [-0.1, -0.05) is 54.6 Å². The van der Waals surface area contributed by atoms with E-state index >= 15 is 0 Å². The third-order valence-electron chi connectivity index (χ3n) is 3.57. The molecule has 0 fully saturated rings. The van der Waals surface area contributed by atoms with Crippen LogP contribution < -0.4 is 5.73 Å². The summed E-state index contributed by atoms with van der Waals surface area (Å²) in [6.45, 7) is 0.955. The van der Waals surface area contributed by atoms with Crippen LogP contribution in [0, 0.1) is 0 Å². The predicted octanol–water partition coefficient (Wildman–Crippen LogP) is 2.68. The zero-order valence-corrected chi connectivity index (χ0v) is 12.0. The van der Waals surface area contributed by atoms with Crippen LogP contribution in [0.2, 0.25) is 0 Å². The van der Waals surface area contributed by atoms with Crippen LogP contribution in [0.3, 0.4) is 0 Å². The van der Waals surface area contributed by atoms with Crippen LogP contribution in [0.1, 0.15) is 16.7 Å². The third-order valence-corrected chi connectivity index (χ3v) is 3.57. The molecular weight excluding hydrogens is 250 g/mol. The van der Waals surface area contributed by atoms with Crippen LogP contribution in [-0.4, -0.2) is 20.8 Å². The van der Waals surface area contributed by atoms with E-state index in [2.05, 4.69) is 24.3 Å². The molecular formula is C17H21NO2. The largest absolute Gasteiger partial charge is 0.381 e. The van der Waals surface area contributed by atoms with Gasteiger partial charge in [-0.2, -0.15) is 0 Å². The van der Waals surface area contributed by atoms with Crippen LogP contribution in [0.15, 0.2) is 54.6 Å². The molecule has 0 aliphatic rings. The lowest BCUT2D eigenvalue weighted by atomic mass is 9.86. The van der Waals surface area contributed by atoms with Crippen molar-refractivity contribution in [1.82, 2.24) is 0 Å². The van der Waals surface area contributed by atoms with Gasteiger partial charge in [0.25, 0.3) is 0 Å². The molecule has 3 heteroatoms. The molecule has 0 amide bonds. The van der Waals surface area contributed by atoms with Gasteiger partial charge in [0, 0.05) is 20.8 Å². The standard InChI is InChI=1S/C17H21NO2/c1-19-13-17(20-2,15-8-4-3-5-9-15)16-10-6-7-14(11-16)12-18/h3-11H,12-13,18H2,1-2H3/t17-/m1/s1. The van der Waals surface area contributed by atoms with E-state index in [0.29, 0.717) is 13.2 Å². The molecule has 2 aromatic rings. The van der Waals surface area contributed by atoms with E-state index in [1.165, 1.54) is 0 Å². The van der Waals surface area contributed by atoms with E-state index in [0.717, 1.165) is 16.7 Å². The van der Waals surface area contributed by atoms with Gasteiger partial charge in [-0.05, 0) is 16.7 Å². The maximum absolute atomic E-state index is 5.88. The molecule has 0 unspecified atom stereocenters. The molecule has 0 aliphatic carbocycles. The average Bonchev–Trinajstić information content (AvgIpc) is 2.53. The second-order valence-corrected chi connectivity index (χ2v) is 4.73. The summed E-state index contributed by atoms with van der Waals surface area (Å²) in [5, 5.41) is 0. The number of benzene rings is 2. The second-order valence-electron chi connectivity index (χ2n) is 4.73. The van der Waals surface area contributed by atoms with E-state index < -0.39 is 5.60 Å². The molecule has 3 nitrogen and oxygen atoms in total. The molecule has 0 spiro atoms. The van der Waals surface area contributed by atoms with Gasteiger partial charge in [0.1, 0.15) is 5.60 Å². The Bertz CT molecular complexity index is 542.